The van der Waals surface area contributed by atoms with E-state index in [1.807, 2.05) is 11.8 Å². The molecule has 2 aliphatic heterocycles. The highest BCUT2D eigenvalue weighted by atomic mass is 32.2. The Morgan fingerprint density at radius 2 is 1.20 bits per heavy atom. The van der Waals surface area contributed by atoms with Crippen LogP contribution in [0.3, 0.4) is 0 Å². The standard InChI is InChI=1S/C24H24F2N2O5.C21H19F2NO5S.C5H11NO/c1-13-12-32-5-4-28(13)22-11-21(29)20-7-15(24(30)31-3)6-19(23(20)33-22)14(2)27-18-9-16(25)8-17(26)10-18;1-4-30(27)19-10-18(25)17-6-12(21(26)28-3)5-16(20(17)29-19)11(2)24-15-8-13(22)7-14(23)9-15;1-5-4-7-3-2-6-5/h6-11,13-14,27H,4-5,12H2,1-3H3;5-11,24H,4H2,1-3H3;5-6H,2-4H2,1H3/t13-,14?;;5-/m0.0/s1. The van der Waals surface area contributed by atoms with Gasteiger partial charge in [-0.05, 0) is 76.2 Å². The van der Waals surface area contributed by atoms with Gasteiger partial charge in [-0.15, -0.1) is 0 Å². The van der Waals surface area contributed by atoms with E-state index >= 15 is 0 Å². The molecule has 0 aliphatic carbocycles. The number of rotatable bonds is 11. The highest BCUT2D eigenvalue weighted by molar-refractivity contribution is 7.84. The second kappa shape index (κ2) is 23.8. The Morgan fingerprint density at radius 1 is 0.714 bits per heavy atom. The predicted molar refractivity (Wildman–Crippen MR) is 257 cm³/mol. The molecule has 0 saturated carbocycles. The summed E-state index contributed by atoms with van der Waals surface area (Å²) >= 11 is 0. The van der Waals surface area contributed by atoms with Crippen molar-refractivity contribution in [2.24, 2.45) is 0 Å². The smallest absolute Gasteiger partial charge is 0.337 e. The number of anilines is 3. The van der Waals surface area contributed by atoms with Crippen LogP contribution in [-0.4, -0.2) is 87.7 Å². The van der Waals surface area contributed by atoms with E-state index in [1.54, 1.807) is 26.8 Å². The number of methoxy groups -OCH3 is 2. The third-order valence-corrected chi connectivity index (χ3v) is 12.4. The highest BCUT2D eigenvalue weighted by Crippen LogP contribution is 2.33. The fourth-order valence-corrected chi connectivity index (χ4v) is 8.43. The number of benzene rings is 4. The van der Waals surface area contributed by atoms with Crippen molar-refractivity contribution >= 4 is 61.9 Å². The summed E-state index contributed by atoms with van der Waals surface area (Å²) in [6, 6.07) is 13.7. The van der Waals surface area contributed by atoms with Crippen LogP contribution >= 0.6 is 0 Å². The van der Waals surface area contributed by atoms with Crippen molar-refractivity contribution in [2.45, 2.75) is 63.9 Å². The lowest BCUT2D eigenvalue weighted by atomic mass is 10.0. The molecule has 70 heavy (non-hydrogen) atoms. The van der Waals surface area contributed by atoms with Gasteiger partial charge in [-0.1, -0.05) is 6.92 Å². The SMILES string of the molecule is CCS(=O)c1cc(=O)c2cc(C(=O)OC)cc(C(C)Nc3cc(F)cc(F)c3)c2o1.COC(=O)c1cc(C(C)Nc2cc(F)cc(F)c2)c2oc(N3CCOC[C@@H]3C)cc(=O)c2c1.C[C@H]1COCCN1. The molecule has 4 heterocycles. The zero-order chi connectivity index (χ0) is 50.8. The minimum absolute atomic E-state index is 0.00274. The van der Waals surface area contributed by atoms with E-state index in [9.17, 15) is 40.9 Å². The van der Waals surface area contributed by atoms with Gasteiger partial charge in [-0.25, -0.2) is 27.2 Å². The average Bonchev–Trinajstić information content (AvgIpc) is 3.32. The molecule has 8 rings (SSSR count). The second-order valence-electron chi connectivity index (χ2n) is 16.5. The summed E-state index contributed by atoms with van der Waals surface area (Å²) in [6.45, 7) is 13.5. The van der Waals surface area contributed by atoms with Crippen LogP contribution in [-0.2, 0) is 29.7 Å². The van der Waals surface area contributed by atoms with E-state index in [2.05, 4.69) is 22.9 Å². The Balaban J connectivity index is 0.000000202. The molecule has 0 spiro atoms. The minimum atomic E-state index is -1.52. The van der Waals surface area contributed by atoms with Gasteiger partial charge in [0, 0.05) is 71.7 Å². The minimum Gasteiger partial charge on any atom is -0.465 e. The van der Waals surface area contributed by atoms with Crippen molar-refractivity contribution in [3.63, 3.8) is 0 Å². The lowest BCUT2D eigenvalue weighted by Gasteiger charge is -2.33. The van der Waals surface area contributed by atoms with Crippen LogP contribution in [0.4, 0.5) is 34.8 Å². The molecule has 2 aromatic heterocycles. The number of hydrogen-bond donors (Lipinski definition) is 3. The van der Waals surface area contributed by atoms with Gasteiger partial charge in [0.05, 0.1) is 91.5 Å². The molecule has 4 aromatic carbocycles. The number of ether oxygens (including phenoxy) is 4. The maximum absolute atomic E-state index is 13.7. The quantitative estimate of drug-likeness (QED) is 0.0829. The summed E-state index contributed by atoms with van der Waals surface area (Å²) in [4.78, 5) is 52.0. The summed E-state index contributed by atoms with van der Waals surface area (Å²) < 4.78 is 98.8. The van der Waals surface area contributed by atoms with Gasteiger partial charge in [-0.2, -0.15) is 0 Å². The fourth-order valence-electron chi connectivity index (χ4n) is 7.73. The number of halogens is 4. The van der Waals surface area contributed by atoms with Crippen molar-refractivity contribution in [3.05, 3.63) is 139 Å². The third kappa shape index (κ3) is 13.2. The third-order valence-electron chi connectivity index (χ3n) is 11.2. The molecule has 0 bridgehead atoms. The summed E-state index contributed by atoms with van der Waals surface area (Å²) in [6.07, 6.45) is 0. The van der Waals surface area contributed by atoms with Crippen LogP contribution in [0.2, 0.25) is 0 Å². The fraction of sp³-hybridized carbons (Fsp3) is 0.360. The maximum Gasteiger partial charge on any atom is 0.337 e. The molecule has 2 aliphatic rings. The second-order valence-corrected chi connectivity index (χ2v) is 18.1. The van der Waals surface area contributed by atoms with Crippen LogP contribution < -0.4 is 31.7 Å². The molecule has 5 atom stereocenters. The number of nitrogens with zero attached hydrogens (tertiary/aromatic N) is 1. The molecule has 2 saturated heterocycles. The van der Waals surface area contributed by atoms with Crippen molar-refractivity contribution in [1.82, 2.24) is 5.32 Å². The van der Waals surface area contributed by atoms with Crippen molar-refractivity contribution < 1.29 is 59.1 Å². The first-order chi connectivity index (χ1) is 33.4. The van der Waals surface area contributed by atoms with E-state index in [0.717, 1.165) is 62.2 Å². The zero-order valence-electron chi connectivity index (χ0n) is 39.5. The molecular formula is C50H54F4N4O11S. The first kappa shape index (κ1) is 52.8. The first-order valence-electron chi connectivity index (χ1n) is 22.3. The van der Waals surface area contributed by atoms with Gasteiger partial charge in [0.25, 0.3) is 0 Å². The zero-order valence-corrected chi connectivity index (χ0v) is 40.4. The number of fused-ring (bicyclic) bond motifs is 2. The largest absolute Gasteiger partial charge is 0.465 e. The van der Waals surface area contributed by atoms with E-state index in [0.29, 0.717) is 42.8 Å². The Labute approximate surface area is 402 Å². The molecule has 0 radical (unpaired) electrons. The number of hydrogen-bond acceptors (Lipinski definition) is 15. The van der Waals surface area contributed by atoms with Crippen LogP contribution in [0, 0.1) is 23.3 Å². The van der Waals surface area contributed by atoms with Gasteiger partial charge >= 0.3 is 11.9 Å². The van der Waals surface area contributed by atoms with Gasteiger partial charge in [0.2, 0.25) is 0 Å². The van der Waals surface area contributed by atoms with Crippen LogP contribution in [0.25, 0.3) is 21.9 Å². The van der Waals surface area contributed by atoms with Gasteiger partial charge in [0.15, 0.2) is 21.8 Å². The Morgan fingerprint density at radius 3 is 1.63 bits per heavy atom. The molecule has 15 nitrogen and oxygen atoms in total. The van der Waals surface area contributed by atoms with Crippen molar-refractivity contribution in [1.29, 1.82) is 0 Å². The van der Waals surface area contributed by atoms with Gasteiger partial charge in [-0.3, -0.25) is 13.8 Å². The lowest BCUT2D eigenvalue weighted by Crippen LogP contribution is -2.44. The highest BCUT2D eigenvalue weighted by Gasteiger charge is 2.26. The Kier molecular flexibility index (Phi) is 17.9. The number of nitrogens with one attached hydrogen (secondary N) is 3. The molecule has 3 unspecified atom stereocenters. The topological polar surface area (TPSA) is 188 Å². The summed E-state index contributed by atoms with van der Waals surface area (Å²) in [7, 11) is 0.937. The van der Waals surface area contributed by atoms with E-state index in [1.165, 1.54) is 38.5 Å². The number of morpholine rings is 2. The average molecular weight is 995 g/mol. The number of carbonyl (C=O) groups excluding carboxylic acids is 2. The molecule has 0 amide bonds. The predicted octanol–water partition coefficient (Wildman–Crippen LogP) is 8.41. The van der Waals surface area contributed by atoms with Crippen LogP contribution in [0.15, 0.2) is 96.3 Å². The normalized spacial score (nSPS) is 17.0. The molecule has 20 heteroatoms. The number of esters is 2. The molecular weight excluding hydrogens is 941 g/mol. The molecule has 2 fully saturated rings. The maximum atomic E-state index is 13.7. The Hall–Kier alpha value is -6.61. The lowest BCUT2D eigenvalue weighted by molar-refractivity contribution is 0.0592. The summed E-state index contributed by atoms with van der Waals surface area (Å²) in [5, 5.41) is 9.51. The van der Waals surface area contributed by atoms with E-state index < -0.39 is 63.5 Å². The molecule has 6 aromatic rings. The molecule has 3 N–H and O–H groups in total. The molecule has 374 valence electrons. The first-order valence-corrected chi connectivity index (χ1v) is 23.6. The summed E-state index contributed by atoms with van der Waals surface area (Å²) in [5.74, 6) is -3.62. The van der Waals surface area contributed by atoms with Crippen molar-refractivity contribution in [3.8, 4) is 0 Å². The van der Waals surface area contributed by atoms with Crippen LogP contribution in [0.1, 0.15) is 78.5 Å². The monoisotopic (exact) mass is 994 g/mol. The van der Waals surface area contributed by atoms with Crippen LogP contribution in [0.5, 0.6) is 0 Å². The van der Waals surface area contributed by atoms with Gasteiger partial charge in [0.1, 0.15) is 34.4 Å². The van der Waals surface area contributed by atoms with E-state index in [4.69, 9.17) is 27.8 Å². The Bertz CT molecular complexity index is 2960. The summed E-state index contributed by atoms with van der Waals surface area (Å²) in [5.41, 5.74) is 1.09. The van der Waals surface area contributed by atoms with Crippen molar-refractivity contribution in [2.75, 3.05) is 75.0 Å². The van der Waals surface area contributed by atoms with E-state index in [-0.39, 0.29) is 66.8 Å². The number of carbonyl (C=O) groups is 2. The van der Waals surface area contributed by atoms with Gasteiger partial charge < -0.3 is 48.6 Å².